The average Bonchev–Trinajstić information content (AvgIpc) is 3.02. The third-order valence-corrected chi connectivity index (χ3v) is 9.63. The van der Waals surface area contributed by atoms with Crippen LogP contribution in [-0.2, 0) is 32.6 Å². The number of aryl methyl sites for hydroxylation is 2. The monoisotopic (exact) mass is 645 g/mol. The van der Waals surface area contributed by atoms with Crippen molar-refractivity contribution in [2.24, 2.45) is 5.92 Å². The maximum atomic E-state index is 14.6. The number of benzene rings is 4. The van der Waals surface area contributed by atoms with Crippen LogP contribution in [0.2, 0.25) is 5.02 Å². The molecule has 0 spiro atoms. The summed E-state index contributed by atoms with van der Waals surface area (Å²) in [4.78, 5) is 30.0. The van der Waals surface area contributed by atoms with Gasteiger partial charge in [-0.2, -0.15) is 0 Å². The molecular formula is C36H40ClN3O4S. The van der Waals surface area contributed by atoms with Crippen LogP contribution in [0.1, 0.15) is 36.1 Å². The second-order valence-electron chi connectivity index (χ2n) is 11.6. The molecule has 0 aliphatic rings. The first kappa shape index (κ1) is 33.7. The predicted octanol–water partition coefficient (Wildman–Crippen LogP) is 6.56. The van der Waals surface area contributed by atoms with Crippen molar-refractivity contribution >= 4 is 39.1 Å². The molecule has 4 aromatic rings. The molecule has 0 heterocycles. The van der Waals surface area contributed by atoms with Gasteiger partial charge in [0.2, 0.25) is 11.8 Å². The minimum atomic E-state index is -4.17. The van der Waals surface area contributed by atoms with Crippen molar-refractivity contribution in [1.82, 2.24) is 10.2 Å². The maximum Gasteiger partial charge on any atom is 0.264 e. The van der Waals surface area contributed by atoms with Crippen molar-refractivity contribution < 1.29 is 18.0 Å². The van der Waals surface area contributed by atoms with Gasteiger partial charge in [-0.15, -0.1) is 0 Å². The van der Waals surface area contributed by atoms with E-state index in [2.05, 4.69) is 5.32 Å². The first-order valence-electron chi connectivity index (χ1n) is 15.0. The van der Waals surface area contributed by atoms with E-state index in [-0.39, 0.29) is 29.7 Å². The lowest BCUT2D eigenvalue weighted by Gasteiger charge is -2.34. The van der Waals surface area contributed by atoms with Crippen LogP contribution < -0.4 is 9.62 Å². The molecule has 1 N–H and O–H groups in total. The number of nitrogens with zero attached hydrogens (tertiary/aromatic N) is 2. The molecule has 0 saturated heterocycles. The van der Waals surface area contributed by atoms with Gasteiger partial charge in [0.05, 0.1) is 10.6 Å². The molecule has 1 atom stereocenters. The molecule has 4 rings (SSSR count). The molecule has 0 fully saturated rings. The smallest absolute Gasteiger partial charge is 0.264 e. The van der Waals surface area contributed by atoms with Crippen LogP contribution in [0.25, 0.3) is 0 Å². The van der Waals surface area contributed by atoms with Crippen LogP contribution in [0, 0.1) is 19.8 Å². The van der Waals surface area contributed by atoms with Crippen LogP contribution in [-0.4, -0.2) is 44.3 Å². The molecule has 0 aromatic heterocycles. The number of hydrogen-bond acceptors (Lipinski definition) is 4. The highest BCUT2D eigenvalue weighted by atomic mass is 35.5. The first-order valence-corrected chi connectivity index (χ1v) is 16.8. The van der Waals surface area contributed by atoms with E-state index >= 15 is 0 Å². The Balaban J connectivity index is 1.82. The number of carbonyl (C=O) groups is 2. The molecular weight excluding hydrogens is 606 g/mol. The van der Waals surface area contributed by atoms with Crippen LogP contribution in [0.15, 0.2) is 108 Å². The number of anilines is 1. The zero-order valence-corrected chi connectivity index (χ0v) is 27.7. The molecule has 0 unspecified atom stereocenters. The zero-order chi connectivity index (χ0) is 32.6. The number of amides is 2. The molecule has 2 amide bonds. The van der Waals surface area contributed by atoms with Gasteiger partial charge in [0, 0.05) is 24.5 Å². The predicted molar refractivity (Wildman–Crippen MR) is 181 cm³/mol. The summed E-state index contributed by atoms with van der Waals surface area (Å²) in [7, 11) is -4.17. The Morgan fingerprint density at radius 1 is 0.844 bits per heavy atom. The molecule has 0 saturated carbocycles. The van der Waals surface area contributed by atoms with E-state index in [9.17, 15) is 18.0 Å². The molecule has 45 heavy (non-hydrogen) atoms. The molecule has 236 valence electrons. The molecule has 9 heteroatoms. The van der Waals surface area contributed by atoms with Gasteiger partial charge in [-0.25, -0.2) is 8.42 Å². The summed E-state index contributed by atoms with van der Waals surface area (Å²) < 4.78 is 29.5. The summed E-state index contributed by atoms with van der Waals surface area (Å²) in [5.41, 5.74) is 3.56. The summed E-state index contributed by atoms with van der Waals surface area (Å²) in [5.74, 6) is -0.665. The average molecular weight is 646 g/mol. The second kappa shape index (κ2) is 15.2. The lowest BCUT2D eigenvalue weighted by molar-refractivity contribution is -0.140. The quantitative estimate of drug-likeness (QED) is 0.178. The zero-order valence-electron chi connectivity index (χ0n) is 26.1. The van der Waals surface area contributed by atoms with Gasteiger partial charge < -0.3 is 10.2 Å². The molecule has 7 nitrogen and oxygen atoms in total. The Labute approximate surface area is 271 Å². The Morgan fingerprint density at radius 2 is 1.47 bits per heavy atom. The maximum absolute atomic E-state index is 14.6. The van der Waals surface area contributed by atoms with Gasteiger partial charge in [-0.3, -0.25) is 13.9 Å². The molecule has 0 radical (unpaired) electrons. The van der Waals surface area contributed by atoms with Crippen LogP contribution in [0.4, 0.5) is 5.69 Å². The van der Waals surface area contributed by atoms with Crippen molar-refractivity contribution in [3.63, 3.8) is 0 Å². The molecule has 0 aliphatic carbocycles. The number of hydrogen-bond donors (Lipinski definition) is 1. The topological polar surface area (TPSA) is 86.8 Å². The van der Waals surface area contributed by atoms with Gasteiger partial charge in [0.1, 0.15) is 12.6 Å². The number of halogens is 1. The summed E-state index contributed by atoms with van der Waals surface area (Å²) in [6.45, 7) is 7.65. The van der Waals surface area contributed by atoms with E-state index in [1.165, 1.54) is 17.0 Å². The fourth-order valence-corrected chi connectivity index (χ4v) is 6.80. The highest BCUT2D eigenvalue weighted by Crippen LogP contribution is 2.29. The fraction of sp³-hybridized carbons (Fsp3) is 0.278. The van der Waals surface area contributed by atoms with Crippen molar-refractivity contribution in [3.8, 4) is 0 Å². The fourth-order valence-electron chi connectivity index (χ4n) is 5.10. The minimum absolute atomic E-state index is 0.0111. The van der Waals surface area contributed by atoms with Crippen LogP contribution >= 0.6 is 11.6 Å². The van der Waals surface area contributed by atoms with E-state index in [1.54, 1.807) is 42.5 Å². The van der Waals surface area contributed by atoms with Crippen LogP contribution in [0.3, 0.4) is 0 Å². The van der Waals surface area contributed by atoms with E-state index in [0.29, 0.717) is 28.4 Å². The Morgan fingerprint density at radius 3 is 2.09 bits per heavy atom. The number of sulfonamides is 1. The SMILES string of the molecule is Cc1ccc(N(CC(=O)N(Cc2ccccc2Cl)[C@H](Cc2ccccc2)C(=O)NCC(C)C)S(=O)(=O)c2ccccc2)c(C)c1. The standard InChI is InChI=1S/C36H40ClN3O4S/c1-26(2)23-38-36(42)34(22-29-13-7-5-8-14-29)39(24-30-15-11-12-18-32(30)37)35(41)25-40(33-20-19-27(3)21-28(33)4)45(43,44)31-16-9-6-10-17-31/h5-21,26,34H,22-25H2,1-4H3,(H,38,42)/t34-/m1/s1. The summed E-state index contributed by atoms with van der Waals surface area (Å²) in [6.07, 6.45) is 0.232. The normalized spacial score (nSPS) is 12.0. The number of carbonyl (C=O) groups excluding carboxylic acids is 2. The summed E-state index contributed by atoms with van der Waals surface area (Å²) in [5, 5.41) is 3.44. The van der Waals surface area contributed by atoms with Crippen molar-refractivity contribution in [2.75, 3.05) is 17.4 Å². The lowest BCUT2D eigenvalue weighted by Crippen LogP contribution is -2.53. The number of rotatable bonds is 13. The molecule has 0 aliphatic heterocycles. The lowest BCUT2D eigenvalue weighted by atomic mass is 10.0. The first-order chi connectivity index (χ1) is 21.5. The highest BCUT2D eigenvalue weighted by molar-refractivity contribution is 7.92. The van der Waals surface area contributed by atoms with Crippen molar-refractivity contribution in [1.29, 1.82) is 0 Å². The largest absolute Gasteiger partial charge is 0.354 e. The highest BCUT2D eigenvalue weighted by Gasteiger charge is 2.35. The van der Waals surface area contributed by atoms with Gasteiger partial charge in [-0.05, 0) is 60.7 Å². The Kier molecular flexibility index (Phi) is 11.4. The Bertz CT molecular complexity index is 1710. The van der Waals surface area contributed by atoms with Gasteiger partial charge >= 0.3 is 0 Å². The third-order valence-electron chi connectivity index (χ3n) is 7.49. The van der Waals surface area contributed by atoms with Crippen LogP contribution in [0.5, 0.6) is 0 Å². The van der Waals surface area contributed by atoms with Crippen molar-refractivity contribution in [2.45, 2.75) is 51.6 Å². The molecule has 4 aromatic carbocycles. The summed E-state index contributed by atoms with van der Waals surface area (Å²) in [6, 6.07) is 29.1. The third kappa shape index (κ3) is 8.74. The minimum Gasteiger partial charge on any atom is -0.354 e. The van der Waals surface area contributed by atoms with Crippen molar-refractivity contribution in [3.05, 3.63) is 130 Å². The van der Waals surface area contributed by atoms with E-state index in [1.807, 2.05) is 76.2 Å². The van der Waals surface area contributed by atoms with E-state index < -0.39 is 28.5 Å². The van der Waals surface area contributed by atoms with E-state index in [4.69, 9.17) is 11.6 Å². The van der Waals surface area contributed by atoms with Gasteiger partial charge in [-0.1, -0.05) is 110 Å². The second-order valence-corrected chi connectivity index (χ2v) is 13.8. The number of nitrogens with one attached hydrogen (secondary N) is 1. The Hall–Kier alpha value is -4.14. The van der Waals surface area contributed by atoms with E-state index in [0.717, 1.165) is 15.4 Å². The summed E-state index contributed by atoms with van der Waals surface area (Å²) >= 11 is 6.57. The van der Waals surface area contributed by atoms with Gasteiger partial charge in [0.15, 0.2) is 0 Å². The van der Waals surface area contributed by atoms with Gasteiger partial charge in [0.25, 0.3) is 10.0 Å². The molecule has 0 bridgehead atoms.